The molecule has 12 heteroatoms. The number of amidine groups is 1. The SMILES string of the molecule is CC(C)(C)OC(=O)N=C(N)c1ccc(C(C(=O)[C@@H](N)[C@H](N)C(=O)O)[C@H]2CCNO2)c(F)c1. The van der Waals surface area contributed by atoms with Crippen molar-refractivity contribution in [3.63, 3.8) is 0 Å². The number of carboxylic acids is 1. The third kappa shape index (κ3) is 6.29. The zero-order valence-electron chi connectivity index (χ0n) is 18.0. The molecule has 0 spiro atoms. The Balaban J connectivity index is 2.36. The smallest absolute Gasteiger partial charge is 0.436 e. The van der Waals surface area contributed by atoms with Crippen molar-refractivity contribution in [1.29, 1.82) is 0 Å². The van der Waals surface area contributed by atoms with E-state index in [2.05, 4.69) is 10.5 Å². The number of hydrogen-bond acceptors (Lipinski definition) is 8. The lowest BCUT2D eigenvalue weighted by Gasteiger charge is -2.26. The van der Waals surface area contributed by atoms with Crippen molar-refractivity contribution < 1.29 is 33.5 Å². The Morgan fingerprint density at radius 2 is 1.94 bits per heavy atom. The van der Waals surface area contributed by atoms with E-state index in [0.717, 1.165) is 6.07 Å². The Labute approximate surface area is 184 Å². The number of ether oxygens (including phenoxy) is 1. The number of nitrogens with two attached hydrogens (primary N) is 3. The maximum atomic E-state index is 15.1. The topological polar surface area (TPSA) is 192 Å². The summed E-state index contributed by atoms with van der Waals surface area (Å²) in [5.41, 5.74) is 18.9. The van der Waals surface area contributed by atoms with Crippen LogP contribution in [0.5, 0.6) is 0 Å². The van der Waals surface area contributed by atoms with E-state index in [9.17, 15) is 14.4 Å². The molecule has 1 amide bonds. The number of rotatable bonds is 7. The van der Waals surface area contributed by atoms with E-state index in [1.165, 1.54) is 12.1 Å². The Morgan fingerprint density at radius 3 is 2.44 bits per heavy atom. The lowest BCUT2D eigenvalue weighted by molar-refractivity contribution is -0.141. The van der Waals surface area contributed by atoms with Crippen LogP contribution in [0.3, 0.4) is 0 Å². The normalized spacial score (nSPS) is 19.8. The highest BCUT2D eigenvalue weighted by molar-refractivity contribution is 6.03. The number of Topliss-reactive ketones (excluding diaryl/α,β-unsaturated/α-hetero) is 1. The Hall–Kier alpha value is -2.93. The van der Waals surface area contributed by atoms with Crippen molar-refractivity contribution in [1.82, 2.24) is 5.48 Å². The molecule has 0 aromatic heterocycles. The molecule has 176 valence electrons. The molecule has 11 nitrogen and oxygen atoms in total. The van der Waals surface area contributed by atoms with Crippen molar-refractivity contribution in [3.05, 3.63) is 35.1 Å². The van der Waals surface area contributed by atoms with Crippen LogP contribution in [0.1, 0.15) is 44.2 Å². The first-order valence-corrected chi connectivity index (χ1v) is 9.85. The zero-order valence-corrected chi connectivity index (χ0v) is 18.0. The minimum absolute atomic E-state index is 0.0782. The summed E-state index contributed by atoms with van der Waals surface area (Å²) in [5, 5.41) is 9.07. The highest BCUT2D eigenvalue weighted by atomic mass is 19.1. The van der Waals surface area contributed by atoms with Crippen molar-refractivity contribution in [2.24, 2.45) is 22.2 Å². The second-order valence-corrected chi connectivity index (χ2v) is 8.32. The average molecular weight is 453 g/mol. The summed E-state index contributed by atoms with van der Waals surface area (Å²) in [6.45, 7) is 5.37. The number of ketones is 1. The number of aliphatic carboxylic acids is 1. The molecule has 0 radical (unpaired) electrons. The maximum Gasteiger partial charge on any atom is 0.436 e. The lowest BCUT2D eigenvalue weighted by atomic mass is 9.83. The molecule has 1 heterocycles. The average Bonchev–Trinajstić information content (AvgIpc) is 3.20. The van der Waals surface area contributed by atoms with E-state index < -0.39 is 53.4 Å². The summed E-state index contributed by atoms with van der Waals surface area (Å²) in [5.74, 6) is -4.58. The van der Waals surface area contributed by atoms with E-state index >= 15 is 4.39 Å². The lowest BCUT2D eigenvalue weighted by Crippen LogP contribution is -2.54. The minimum atomic E-state index is -1.67. The van der Waals surface area contributed by atoms with Gasteiger partial charge in [-0.2, -0.15) is 4.99 Å². The summed E-state index contributed by atoms with van der Waals surface area (Å²) >= 11 is 0. The third-order valence-electron chi connectivity index (χ3n) is 4.68. The fourth-order valence-corrected chi connectivity index (χ4v) is 3.12. The number of carbonyl (C=O) groups excluding carboxylic acids is 2. The van der Waals surface area contributed by atoms with Gasteiger partial charge in [-0.25, -0.2) is 14.7 Å². The number of hydrogen-bond donors (Lipinski definition) is 5. The molecule has 1 aromatic rings. The summed E-state index contributed by atoms with van der Waals surface area (Å²) in [6.07, 6.45) is -1.37. The number of benzene rings is 1. The molecule has 8 N–H and O–H groups in total. The van der Waals surface area contributed by atoms with Gasteiger partial charge in [0.2, 0.25) is 0 Å². The first-order valence-electron chi connectivity index (χ1n) is 9.85. The summed E-state index contributed by atoms with van der Waals surface area (Å²) < 4.78 is 20.1. The van der Waals surface area contributed by atoms with Gasteiger partial charge in [0.15, 0.2) is 5.78 Å². The van der Waals surface area contributed by atoms with Crippen molar-refractivity contribution in [2.75, 3.05) is 6.54 Å². The number of halogens is 1. The van der Waals surface area contributed by atoms with Crippen LogP contribution in [0.2, 0.25) is 0 Å². The van der Waals surface area contributed by atoms with Crippen LogP contribution < -0.4 is 22.7 Å². The van der Waals surface area contributed by atoms with Gasteiger partial charge in [-0.3, -0.25) is 14.4 Å². The predicted molar refractivity (Wildman–Crippen MR) is 112 cm³/mol. The van der Waals surface area contributed by atoms with Gasteiger partial charge in [-0.1, -0.05) is 12.1 Å². The molecule has 0 bridgehead atoms. The van der Waals surface area contributed by atoms with Gasteiger partial charge in [0, 0.05) is 17.7 Å². The molecule has 1 saturated heterocycles. The largest absolute Gasteiger partial charge is 0.480 e. The van der Waals surface area contributed by atoms with Crippen molar-refractivity contribution >= 4 is 23.7 Å². The molecule has 1 unspecified atom stereocenters. The van der Waals surface area contributed by atoms with Crippen molar-refractivity contribution in [2.45, 2.75) is 56.9 Å². The summed E-state index contributed by atoms with van der Waals surface area (Å²) in [4.78, 5) is 44.9. The zero-order chi connectivity index (χ0) is 24.2. The predicted octanol–water partition coefficient (Wildman–Crippen LogP) is 0.152. The quantitative estimate of drug-likeness (QED) is 0.280. The Bertz CT molecular complexity index is 910. The monoisotopic (exact) mass is 453 g/mol. The van der Waals surface area contributed by atoms with E-state index in [-0.39, 0.29) is 17.0 Å². The molecule has 1 fully saturated rings. The van der Waals surface area contributed by atoms with Crippen LogP contribution in [0.4, 0.5) is 9.18 Å². The number of carboxylic acid groups (broad SMARTS) is 1. The van der Waals surface area contributed by atoms with E-state index in [1.807, 2.05) is 0 Å². The van der Waals surface area contributed by atoms with Gasteiger partial charge in [0.25, 0.3) is 0 Å². The van der Waals surface area contributed by atoms with Crippen LogP contribution >= 0.6 is 0 Å². The molecule has 0 aliphatic carbocycles. The number of amides is 1. The maximum absolute atomic E-state index is 15.1. The first kappa shape index (κ1) is 25.3. The van der Waals surface area contributed by atoms with Crippen LogP contribution in [-0.4, -0.2) is 59.1 Å². The Kier molecular flexibility index (Phi) is 8.02. The highest BCUT2D eigenvalue weighted by Gasteiger charge is 2.40. The third-order valence-corrected chi connectivity index (χ3v) is 4.68. The van der Waals surface area contributed by atoms with E-state index in [0.29, 0.717) is 13.0 Å². The van der Waals surface area contributed by atoms with Gasteiger partial charge in [-0.05, 0) is 33.3 Å². The second-order valence-electron chi connectivity index (χ2n) is 8.32. The number of hydroxylamine groups is 1. The number of carbonyl (C=O) groups is 3. The molecule has 2 rings (SSSR count). The van der Waals surface area contributed by atoms with Crippen molar-refractivity contribution in [3.8, 4) is 0 Å². The fraction of sp³-hybridized carbons (Fsp3) is 0.500. The van der Waals surface area contributed by atoms with Gasteiger partial charge in [0.1, 0.15) is 23.3 Å². The molecule has 32 heavy (non-hydrogen) atoms. The van der Waals surface area contributed by atoms with Gasteiger partial charge in [-0.15, -0.1) is 0 Å². The molecule has 0 saturated carbocycles. The second kappa shape index (κ2) is 10.1. The fourth-order valence-electron chi connectivity index (χ4n) is 3.12. The standard InChI is InChI=1S/C20H28FN5O6/c1-20(2,3)31-19(30)26-17(24)9-4-5-10(11(21)8-9)13(12-6-7-25-32-12)16(27)14(22)15(23)18(28)29/h4-5,8,12-15,25H,6-7,22-23H2,1-3H3,(H,28,29)(H2,24,26,30)/t12-,13?,14+,15+/m1/s1. The molecule has 1 aliphatic rings. The molecular formula is C20H28FN5O6. The molecule has 1 aliphatic heterocycles. The minimum Gasteiger partial charge on any atom is -0.480 e. The molecule has 1 aromatic carbocycles. The van der Waals surface area contributed by atoms with Gasteiger partial charge < -0.3 is 27.0 Å². The van der Waals surface area contributed by atoms with E-state index in [4.69, 9.17) is 31.9 Å². The Morgan fingerprint density at radius 1 is 1.28 bits per heavy atom. The molecule has 4 atom stereocenters. The first-order chi connectivity index (χ1) is 14.8. The summed E-state index contributed by atoms with van der Waals surface area (Å²) in [6, 6.07) is 0.403. The van der Waals surface area contributed by atoms with E-state index in [1.54, 1.807) is 20.8 Å². The van der Waals surface area contributed by atoms with Crippen LogP contribution in [-0.2, 0) is 19.2 Å². The molecular weight excluding hydrogens is 425 g/mol. The highest BCUT2D eigenvalue weighted by Crippen LogP contribution is 2.30. The summed E-state index contributed by atoms with van der Waals surface area (Å²) in [7, 11) is 0. The van der Waals surface area contributed by atoms with Gasteiger partial charge in [0.05, 0.1) is 18.1 Å². The number of aliphatic imine (C=N–C) groups is 1. The number of nitrogens with one attached hydrogen (secondary N) is 1. The van der Waals surface area contributed by atoms with Crippen LogP contribution in [0.15, 0.2) is 23.2 Å². The van der Waals surface area contributed by atoms with Gasteiger partial charge >= 0.3 is 12.1 Å². The van der Waals surface area contributed by atoms with Crippen LogP contribution in [0.25, 0.3) is 0 Å². The number of nitrogens with zero attached hydrogens (tertiary/aromatic N) is 1. The van der Waals surface area contributed by atoms with Crippen LogP contribution in [0, 0.1) is 5.82 Å².